The van der Waals surface area contributed by atoms with Crippen LogP contribution in [0.1, 0.15) is 16.9 Å². The van der Waals surface area contributed by atoms with Gasteiger partial charge in [0.2, 0.25) is 0 Å². The number of para-hydroxylation sites is 1. The summed E-state index contributed by atoms with van der Waals surface area (Å²) in [4.78, 5) is 1.46. The molecule has 110 valence electrons. The summed E-state index contributed by atoms with van der Waals surface area (Å²) in [6, 6.07) is 13.1. The first-order chi connectivity index (χ1) is 10.4. The van der Waals surface area contributed by atoms with Crippen molar-refractivity contribution in [1.29, 1.82) is 0 Å². The molecule has 1 aromatic carbocycles. The van der Waals surface area contributed by atoms with E-state index in [-0.39, 0.29) is 0 Å². The second kappa shape index (κ2) is 6.92. The Morgan fingerprint density at radius 2 is 2.00 bits per heavy atom. The lowest BCUT2D eigenvalue weighted by Gasteiger charge is -2.03. The van der Waals surface area contributed by atoms with E-state index in [0.29, 0.717) is 0 Å². The zero-order valence-corrected chi connectivity index (χ0v) is 13.3. The number of nitrogens with zero attached hydrogens (tertiary/aromatic N) is 1. The number of nitrogens with one attached hydrogen (secondary N) is 1. The molecule has 0 radical (unpaired) electrons. The fourth-order valence-corrected chi connectivity index (χ4v) is 3.55. The van der Waals surface area contributed by atoms with Crippen molar-refractivity contribution in [3.8, 4) is 0 Å². The van der Waals surface area contributed by atoms with E-state index < -0.39 is 0 Å². The smallest absolute Gasteiger partial charge is 0.0483 e. The van der Waals surface area contributed by atoms with Crippen LogP contribution < -0.4 is 5.32 Å². The first kappa shape index (κ1) is 14.4. The van der Waals surface area contributed by atoms with Crippen LogP contribution in [0, 0.1) is 0 Å². The number of thiophene rings is 1. The van der Waals surface area contributed by atoms with Gasteiger partial charge in [-0.25, -0.2) is 0 Å². The number of benzene rings is 1. The van der Waals surface area contributed by atoms with Gasteiger partial charge >= 0.3 is 0 Å². The molecule has 3 heteroatoms. The zero-order chi connectivity index (χ0) is 14.5. The number of hydrogen-bond acceptors (Lipinski definition) is 2. The summed E-state index contributed by atoms with van der Waals surface area (Å²) in [6.07, 6.45) is 5.81. The number of aryl methyl sites for hydroxylation is 3. The summed E-state index contributed by atoms with van der Waals surface area (Å²) in [5.74, 6) is 0. The van der Waals surface area contributed by atoms with Crippen molar-refractivity contribution in [2.75, 3.05) is 13.6 Å². The van der Waals surface area contributed by atoms with Crippen LogP contribution in [0.5, 0.6) is 0 Å². The van der Waals surface area contributed by atoms with Crippen LogP contribution in [0.2, 0.25) is 0 Å². The molecule has 0 amide bonds. The second-order valence-electron chi connectivity index (χ2n) is 5.40. The largest absolute Gasteiger partial charge is 0.347 e. The van der Waals surface area contributed by atoms with Gasteiger partial charge in [0.25, 0.3) is 0 Å². The van der Waals surface area contributed by atoms with Crippen molar-refractivity contribution in [1.82, 2.24) is 9.88 Å². The van der Waals surface area contributed by atoms with Crippen molar-refractivity contribution < 1.29 is 0 Å². The Morgan fingerprint density at radius 3 is 2.81 bits per heavy atom. The first-order valence-corrected chi connectivity index (χ1v) is 8.50. The average molecular weight is 298 g/mol. The maximum absolute atomic E-state index is 3.23. The quantitative estimate of drug-likeness (QED) is 0.650. The van der Waals surface area contributed by atoms with Gasteiger partial charge in [0.05, 0.1) is 0 Å². The molecule has 2 heterocycles. The Kier molecular flexibility index (Phi) is 4.73. The van der Waals surface area contributed by atoms with E-state index in [1.165, 1.54) is 27.8 Å². The predicted octanol–water partition coefficient (Wildman–Crippen LogP) is 4.10. The van der Waals surface area contributed by atoms with Crippen LogP contribution in [0.25, 0.3) is 10.9 Å². The third-order valence-electron chi connectivity index (χ3n) is 3.92. The third kappa shape index (κ3) is 3.36. The van der Waals surface area contributed by atoms with Crippen LogP contribution in [-0.2, 0) is 19.4 Å². The van der Waals surface area contributed by atoms with E-state index in [9.17, 15) is 0 Å². The molecule has 0 saturated carbocycles. The van der Waals surface area contributed by atoms with Crippen molar-refractivity contribution in [2.45, 2.75) is 25.8 Å². The lowest BCUT2D eigenvalue weighted by molar-refractivity contribution is 0.709. The van der Waals surface area contributed by atoms with Crippen LogP contribution in [0.4, 0.5) is 0 Å². The van der Waals surface area contributed by atoms with Crippen molar-refractivity contribution in [2.24, 2.45) is 0 Å². The van der Waals surface area contributed by atoms with Crippen LogP contribution in [0.15, 0.2) is 48.0 Å². The van der Waals surface area contributed by atoms with Gasteiger partial charge in [-0.1, -0.05) is 24.3 Å². The van der Waals surface area contributed by atoms with Crippen LogP contribution in [-0.4, -0.2) is 18.2 Å². The first-order valence-electron chi connectivity index (χ1n) is 7.62. The molecule has 0 aliphatic heterocycles. The molecule has 0 fully saturated rings. The molecular formula is C18H22N2S. The van der Waals surface area contributed by atoms with Gasteiger partial charge in [0, 0.05) is 28.5 Å². The summed E-state index contributed by atoms with van der Waals surface area (Å²) in [5.41, 5.74) is 2.85. The van der Waals surface area contributed by atoms with Crippen molar-refractivity contribution >= 4 is 22.2 Å². The monoisotopic (exact) mass is 298 g/mol. The summed E-state index contributed by atoms with van der Waals surface area (Å²) in [7, 11) is 2.02. The summed E-state index contributed by atoms with van der Waals surface area (Å²) in [5, 5.41) is 6.81. The molecule has 2 aromatic heterocycles. The Balaban J connectivity index is 1.80. The van der Waals surface area contributed by atoms with Gasteiger partial charge in [-0.2, -0.15) is 0 Å². The standard InChI is InChI=1S/C18H22N2S/c1-19-11-4-6-15-14-20(12-10-16-7-5-13-21-16)18-9-3-2-8-17(15)18/h2-3,5,7-9,13-14,19H,4,6,10-12H2,1H3. The van der Waals surface area contributed by atoms with E-state index in [1.54, 1.807) is 0 Å². The van der Waals surface area contributed by atoms with Gasteiger partial charge in [0.1, 0.15) is 0 Å². The SMILES string of the molecule is CNCCCc1cn(CCc2cccs2)c2ccccc12. The highest BCUT2D eigenvalue weighted by atomic mass is 32.1. The molecule has 3 rings (SSSR count). The van der Waals surface area contributed by atoms with E-state index in [4.69, 9.17) is 0 Å². The summed E-state index contributed by atoms with van der Waals surface area (Å²) < 4.78 is 2.42. The molecular weight excluding hydrogens is 276 g/mol. The lowest BCUT2D eigenvalue weighted by Crippen LogP contribution is -2.08. The van der Waals surface area contributed by atoms with E-state index in [2.05, 4.69) is 57.9 Å². The normalized spacial score (nSPS) is 11.3. The number of aromatic nitrogens is 1. The highest BCUT2D eigenvalue weighted by Gasteiger charge is 2.08. The average Bonchev–Trinajstić information content (AvgIpc) is 3.14. The molecule has 0 saturated heterocycles. The fraction of sp³-hybridized carbons (Fsp3) is 0.333. The van der Waals surface area contributed by atoms with Crippen molar-refractivity contribution in [3.63, 3.8) is 0 Å². The molecule has 0 atom stereocenters. The molecule has 0 spiro atoms. The third-order valence-corrected chi connectivity index (χ3v) is 4.86. The predicted molar refractivity (Wildman–Crippen MR) is 92.2 cm³/mol. The maximum Gasteiger partial charge on any atom is 0.0483 e. The molecule has 21 heavy (non-hydrogen) atoms. The van der Waals surface area contributed by atoms with Gasteiger partial charge in [0.15, 0.2) is 0 Å². The van der Waals surface area contributed by atoms with Gasteiger partial charge < -0.3 is 9.88 Å². The summed E-state index contributed by atoms with van der Waals surface area (Å²) >= 11 is 1.85. The Bertz CT molecular complexity index is 682. The van der Waals surface area contributed by atoms with E-state index in [1.807, 2.05) is 18.4 Å². The highest BCUT2D eigenvalue weighted by Crippen LogP contribution is 2.23. The number of fused-ring (bicyclic) bond motifs is 1. The second-order valence-corrected chi connectivity index (χ2v) is 6.43. The molecule has 1 N–H and O–H groups in total. The van der Waals surface area contributed by atoms with Gasteiger partial charge in [-0.15, -0.1) is 11.3 Å². The molecule has 0 aliphatic rings. The minimum atomic E-state index is 1.06. The Labute approximate surface area is 130 Å². The zero-order valence-electron chi connectivity index (χ0n) is 12.5. The number of hydrogen-bond donors (Lipinski definition) is 1. The lowest BCUT2D eigenvalue weighted by atomic mass is 10.1. The highest BCUT2D eigenvalue weighted by molar-refractivity contribution is 7.09. The molecule has 0 unspecified atom stereocenters. The Morgan fingerprint density at radius 1 is 1.10 bits per heavy atom. The maximum atomic E-state index is 3.23. The van der Waals surface area contributed by atoms with E-state index >= 15 is 0 Å². The minimum Gasteiger partial charge on any atom is -0.347 e. The van der Waals surface area contributed by atoms with Crippen LogP contribution >= 0.6 is 11.3 Å². The molecule has 3 aromatic rings. The van der Waals surface area contributed by atoms with E-state index in [0.717, 1.165) is 25.9 Å². The molecule has 2 nitrogen and oxygen atoms in total. The van der Waals surface area contributed by atoms with Crippen molar-refractivity contribution in [3.05, 3.63) is 58.4 Å². The fourth-order valence-electron chi connectivity index (χ4n) is 2.85. The van der Waals surface area contributed by atoms with Gasteiger partial charge in [-0.05, 0) is 55.9 Å². The minimum absolute atomic E-state index is 1.06. The number of rotatable bonds is 7. The molecule has 0 aliphatic carbocycles. The van der Waals surface area contributed by atoms with Crippen LogP contribution in [0.3, 0.4) is 0 Å². The summed E-state index contributed by atoms with van der Waals surface area (Å²) in [6.45, 7) is 2.14. The molecule has 0 bridgehead atoms. The topological polar surface area (TPSA) is 17.0 Å². The Hall–Kier alpha value is -1.58. The van der Waals surface area contributed by atoms with Gasteiger partial charge in [-0.3, -0.25) is 0 Å².